The highest BCUT2D eigenvalue weighted by Crippen LogP contribution is 2.18. The zero-order valence-corrected chi connectivity index (χ0v) is 10.7. The molecule has 0 radical (unpaired) electrons. The maximum atomic E-state index is 11.3. The number of aromatic amines is 1. The quantitative estimate of drug-likeness (QED) is 0.753. The fourth-order valence-electron chi connectivity index (χ4n) is 2.20. The van der Waals surface area contributed by atoms with Gasteiger partial charge in [0.05, 0.1) is 5.69 Å². The number of nitrogens with one attached hydrogen (secondary N) is 2. The Kier molecular flexibility index (Phi) is 2.83. The summed E-state index contributed by atoms with van der Waals surface area (Å²) in [5, 5.41) is 4.56. The number of benzene rings is 1. The van der Waals surface area contributed by atoms with Gasteiger partial charge in [-0.1, -0.05) is 12.1 Å². The van der Waals surface area contributed by atoms with Crippen LogP contribution in [0.15, 0.2) is 53.6 Å². The summed E-state index contributed by atoms with van der Waals surface area (Å²) in [6.07, 6.45) is 3.75. The van der Waals surface area contributed by atoms with Crippen molar-refractivity contribution >= 4 is 16.6 Å². The number of fused-ring (bicyclic) bond motifs is 1. The van der Waals surface area contributed by atoms with E-state index in [1.165, 1.54) is 10.9 Å². The molecule has 96 valence electrons. The summed E-state index contributed by atoms with van der Waals surface area (Å²) in [6, 6.07) is 11.7. The molecule has 0 unspecified atom stereocenters. The molecule has 0 fully saturated rings. The zero-order chi connectivity index (χ0) is 13.2. The van der Waals surface area contributed by atoms with Gasteiger partial charge in [0.15, 0.2) is 0 Å². The maximum Gasteiger partial charge on any atom is 0.250 e. The molecule has 2 aromatic heterocycles. The zero-order valence-electron chi connectivity index (χ0n) is 10.7. The molecular formula is C15H15N3O. The molecule has 0 saturated carbocycles. The van der Waals surface area contributed by atoms with Gasteiger partial charge in [-0.25, -0.2) is 0 Å². The lowest BCUT2D eigenvalue weighted by atomic mass is 10.1. The van der Waals surface area contributed by atoms with E-state index in [-0.39, 0.29) is 5.56 Å². The summed E-state index contributed by atoms with van der Waals surface area (Å²) in [5.74, 6) is 0. The van der Waals surface area contributed by atoms with Gasteiger partial charge in [0.25, 0.3) is 0 Å². The number of aromatic nitrogens is 2. The molecule has 0 aliphatic heterocycles. The molecule has 0 bridgehead atoms. The van der Waals surface area contributed by atoms with Crippen LogP contribution < -0.4 is 10.9 Å². The fraction of sp³-hybridized carbons (Fsp3) is 0.133. The smallest absolute Gasteiger partial charge is 0.250 e. The Morgan fingerprint density at radius 3 is 2.95 bits per heavy atom. The minimum atomic E-state index is -0.00159. The van der Waals surface area contributed by atoms with Crippen molar-refractivity contribution in [3.63, 3.8) is 0 Å². The standard InChI is InChI=1S/C15H15N3O/c1-18-10-12(5-6-15(18)19)17-9-11-3-2-4-14-13(11)7-8-16-14/h2-8,10,16-17H,9H2,1H3. The highest BCUT2D eigenvalue weighted by atomic mass is 16.1. The third-order valence-electron chi connectivity index (χ3n) is 3.25. The van der Waals surface area contributed by atoms with Crippen LogP contribution in [0.4, 0.5) is 5.69 Å². The molecule has 0 saturated heterocycles. The van der Waals surface area contributed by atoms with Gasteiger partial charge in [0.2, 0.25) is 5.56 Å². The first-order chi connectivity index (χ1) is 9.24. The van der Waals surface area contributed by atoms with Gasteiger partial charge in [0.1, 0.15) is 0 Å². The van der Waals surface area contributed by atoms with E-state index < -0.39 is 0 Å². The SMILES string of the molecule is Cn1cc(NCc2cccc3[nH]ccc23)ccc1=O. The van der Waals surface area contributed by atoms with Crippen LogP contribution in [0.25, 0.3) is 10.9 Å². The average molecular weight is 253 g/mol. The second-order valence-electron chi connectivity index (χ2n) is 4.58. The Labute approximate surface area is 110 Å². The molecule has 0 atom stereocenters. The van der Waals surface area contributed by atoms with E-state index in [0.717, 1.165) is 17.7 Å². The predicted octanol–water partition coefficient (Wildman–Crippen LogP) is 2.48. The summed E-state index contributed by atoms with van der Waals surface area (Å²) < 4.78 is 1.57. The first-order valence-electron chi connectivity index (χ1n) is 6.19. The van der Waals surface area contributed by atoms with E-state index in [2.05, 4.69) is 28.5 Å². The van der Waals surface area contributed by atoms with Crippen molar-refractivity contribution in [1.82, 2.24) is 9.55 Å². The molecular weight excluding hydrogens is 238 g/mol. The van der Waals surface area contributed by atoms with Crippen LogP contribution in [0.1, 0.15) is 5.56 Å². The summed E-state index contributed by atoms with van der Waals surface area (Å²) in [7, 11) is 1.75. The van der Waals surface area contributed by atoms with E-state index >= 15 is 0 Å². The number of hydrogen-bond donors (Lipinski definition) is 2. The van der Waals surface area contributed by atoms with Crippen LogP contribution in [-0.2, 0) is 13.6 Å². The number of rotatable bonds is 3. The number of pyridine rings is 1. The van der Waals surface area contributed by atoms with Gasteiger partial charge >= 0.3 is 0 Å². The summed E-state index contributed by atoms with van der Waals surface area (Å²) in [6.45, 7) is 0.730. The first kappa shape index (κ1) is 11.6. The molecule has 3 rings (SSSR count). The van der Waals surface area contributed by atoms with Crippen molar-refractivity contribution in [2.75, 3.05) is 5.32 Å². The molecule has 0 spiro atoms. The van der Waals surface area contributed by atoms with E-state index in [1.54, 1.807) is 29.9 Å². The summed E-state index contributed by atoms with van der Waals surface area (Å²) in [4.78, 5) is 14.5. The molecule has 0 aliphatic carbocycles. The lowest BCUT2D eigenvalue weighted by Gasteiger charge is -2.08. The molecule has 2 N–H and O–H groups in total. The van der Waals surface area contributed by atoms with Crippen molar-refractivity contribution < 1.29 is 0 Å². The average Bonchev–Trinajstić information content (AvgIpc) is 2.89. The molecule has 4 heteroatoms. The largest absolute Gasteiger partial charge is 0.380 e. The highest BCUT2D eigenvalue weighted by Gasteiger charge is 2.01. The summed E-state index contributed by atoms with van der Waals surface area (Å²) in [5.41, 5.74) is 3.31. The Morgan fingerprint density at radius 1 is 1.21 bits per heavy atom. The third kappa shape index (κ3) is 2.25. The second kappa shape index (κ2) is 4.65. The lowest BCUT2D eigenvalue weighted by Crippen LogP contribution is -2.15. The molecule has 3 aromatic rings. The van der Waals surface area contributed by atoms with Gasteiger partial charge in [0, 0.05) is 43.0 Å². The minimum absolute atomic E-state index is 0.00159. The fourth-order valence-corrected chi connectivity index (χ4v) is 2.20. The van der Waals surface area contributed by atoms with Crippen molar-refractivity contribution in [1.29, 1.82) is 0 Å². The summed E-state index contributed by atoms with van der Waals surface area (Å²) >= 11 is 0. The Bertz CT molecular complexity index is 770. The number of nitrogens with zero attached hydrogens (tertiary/aromatic N) is 1. The highest BCUT2D eigenvalue weighted by molar-refractivity contribution is 5.83. The monoisotopic (exact) mass is 253 g/mol. The predicted molar refractivity (Wildman–Crippen MR) is 77.3 cm³/mol. The minimum Gasteiger partial charge on any atom is -0.380 e. The van der Waals surface area contributed by atoms with Crippen LogP contribution in [0, 0.1) is 0 Å². The van der Waals surface area contributed by atoms with Crippen LogP contribution >= 0.6 is 0 Å². The Balaban J connectivity index is 1.84. The van der Waals surface area contributed by atoms with E-state index in [1.807, 2.05) is 12.3 Å². The van der Waals surface area contributed by atoms with Crippen LogP contribution in [0.3, 0.4) is 0 Å². The van der Waals surface area contributed by atoms with Crippen molar-refractivity contribution in [2.24, 2.45) is 7.05 Å². The Hall–Kier alpha value is -2.49. The van der Waals surface area contributed by atoms with E-state index in [4.69, 9.17) is 0 Å². The van der Waals surface area contributed by atoms with E-state index in [0.29, 0.717) is 0 Å². The van der Waals surface area contributed by atoms with Crippen LogP contribution in [-0.4, -0.2) is 9.55 Å². The topological polar surface area (TPSA) is 49.8 Å². The molecule has 2 heterocycles. The van der Waals surface area contributed by atoms with Crippen LogP contribution in [0.5, 0.6) is 0 Å². The molecule has 0 aliphatic rings. The van der Waals surface area contributed by atoms with Crippen LogP contribution in [0.2, 0.25) is 0 Å². The van der Waals surface area contributed by atoms with E-state index in [9.17, 15) is 4.79 Å². The van der Waals surface area contributed by atoms with Gasteiger partial charge in [-0.15, -0.1) is 0 Å². The van der Waals surface area contributed by atoms with Gasteiger partial charge in [-0.2, -0.15) is 0 Å². The normalized spacial score (nSPS) is 10.8. The Morgan fingerprint density at radius 2 is 2.11 bits per heavy atom. The third-order valence-corrected chi connectivity index (χ3v) is 3.25. The lowest BCUT2D eigenvalue weighted by molar-refractivity contribution is 0.859. The number of H-pyrrole nitrogens is 1. The number of aryl methyl sites for hydroxylation is 1. The first-order valence-corrected chi connectivity index (χ1v) is 6.19. The van der Waals surface area contributed by atoms with Gasteiger partial charge in [-0.3, -0.25) is 4.79 Å². The second-order valence-corrected chi connectivity index (χ2v) is 4.58. The number of anilines is 1. The van der Waals surface area contributed by atoms with Gasteiger partial charge in [-0.05, 0) is 23.8 Å². The molecule has 19 heavy (non-hydrogen) atoms. The number of hydrogen-bond acceptors (Lipinski definition) is 2. The molecule has 0 amide bonds. The maximum absolute atomic E-state index is 11.3. The van der Waals surface area contributed by atoms with Gasteiger partial charge < -0.3 is 14.9 Å². The van der Waals surface area contributed by atoms with Crippen molar-refractivity contribution in [3.8, 4) is 0 Å². The molecule has 1 aromatic carbocycles. The van der Waals surface area contributed by atoms with Crippen molar-refractivity contribution in [3.05, 3.63) is 64.7 Å². The van der Waals surface area contributed by atoms with Crippen molar-refractivity contribution in [2.45, 2.75) is 6.54 Å². The molecule has 4 nitrogen and oxygen atoms in total.